The molecule has 0 saturated heterocycles. The van der Waals surface area contributed by atoms with Crippen LogP contribution < -0.4 is 0 Å². The van der Waals surface area contributed by atoms with Crippen LogP contribution >= 0.6 is 15.9 Å². The second-order valence-electron chi connectivity index (χ2n) is 7.42. The van der Waals surface area contributed by atoms with Crippen molar-refractivity contribution in [3.8, 4) is 51.4 Å². The molecule has 5 aromatic rings. The van der Waals surface area contributed by atoms with Crippen LogP contribution in [0.15, 0.2) is 108 Å². The number of nitriles is 1. The summed E-state index contributed by atoms with van der Waals surface area (Å²) >= 11 is 3.62. The van der Waals surface area contributed by atoms with Gasteiger partial charge in [0.1, 0.15) is 0 Å². The first-order valence-electron chi connectivity index (χ1n) is 10.4. The van der Waals surface area contributed by atoms with Gasteiger partial charge in [-0.05, 0) is 29.3 Å². The summed E-state index contributed by atoms with van der Waals surface area (Å²) in [6, 6.07) is 35.7. The molecule has 4 nitrogen and oxygen atoms in total. The topological polar surface area (TPSA) is 62.5 Å². The Kier molecular flexibility index (Phi) is 5.75. The van der Waals surface area contributed by atoms with Crippen molar-refractivity contribution in [3.05, 3.63) is 113 Å². The normalized spacial score (nSPS) is 10.5. The Labute approximate surface area is 200 Å². The maximum absolute atomic E-state index is 9.02. The van der Waals surface area contributed by atoms with Gasteiger partial charge < -0.3 is 0 Å². The summed E-state index contributed by atoms with van der Waals surface area (Å²) in [6.45, 7) is 0. The minimum atomic E-state index is 0.612. The molecule has 0 saturated carbocycles. The van der Waals surface area contributed by atoms with E-state index in [9.17, 15) is 0 Å². The van der Waals surface area contributed by atoms with E-state index in [2.05, 4.69) is 22.0 Å². The highest BCUT2D eigenvalue weighted by molar-refractivity contribution is 9.10. The van der Waals surface area contributed by atoms with Crippen molar-refractivity contribution in [1.29, 1.82) is 5.26 Å². The number of nitrogens with zero attached hydrogens (tertiary/aromatic N) is 4. The van der Waals surface area contributed by atoms with Crippen molar-refractivity contribution in [3.63, 3.8) is 0 Å². The Hall–Kier alpha value is -4.14. The van der Waals surface area contributed by atoms with Crippen LogP contribution in [0.5, 0.6) is 0 Å². The van der Waals surface area contributed by atoms with Crippen LogP contribution in [0.2, 0.25) is 0 Å². The number of aromatic nitrogens is 3. The lowest BCUT2D eigenvalue weighted by Gasteiger charge is -2.10. The average molecular weight is 489 g/mol. The first kappa shape index (κ1) is 20.7. The lowest BCUT2D eigenvalue weighted by Crippen LogP contribution is -2.00. The van der Waals surface area contributed by atoms with Crippen LogP contribution in [-0.2, 0) is 0 Å². The zero-order valence-electron chi connectivity index (χ0n) is 17.5. The lowest BCUT2D eigenvalue weighted by molar-refractivity contribution is 1.07. The van der Waals surface area contributed by atoms with E-state index in [1.54, 1.807) is 0 Å². The van der Waals surface area contributed by atoms with E-state index in [0.717, 1.165) is 32.3 Å². The van der Waals surface area contributed by atoms with Gasteiger partial charge in [0, 0.05) is 21.2 Å². The van der Waals surface area contributed by atoms with Crippen LogP contribution in [0.1, 0.15) is 5.56 Å². The van der Waals surface area contributed by atoms with Crippen molar-refractivity contribution in [2.45, 2.75) is 0 Å². The fourth-order valence-corrected chi connectivity index (χ4v) is 4.00. The molecule has 33 heavy (non-hydrogen) atoms. The quantitative estimate of drug-likeness (QED) is 0.268. The van der Waals surface area contributed by atoms with Crippen LogP contribution in [0.4, 0.5) is 0 Å². The standard InChI is InChI=1S/C28H17BrN4/c29-25-9-5-4-8-24(25)28-32-26(22-6-2-1-3-7-22)31-27(33-28)23-16-14-21(15-17-23)20-12-10-19(18-30)11-13-20/h1-17H. The molecule has 0 atom stereocenters. The predicted octanol–water partition coefficient (Wildman–Crippen LogP) is 7.17. The van der Waals surface area contributed by atoms with Crippen LogP contribution in [0.25, 0.3) is 45.3 Å². The summed E-state index contributed by atoms with van der Waals surface area (Å²) in [6.07, 6.45) is 0. The summed E-state index contributed by atoms with van der Waals surface area (Å²) in [5, 5.41) is 9.02. The van der Waals surface area contributed by atoms with Crippen molar-refractivity contribution in [2.24, 2.45) is 0 Å². The Morgan fingerprint density at radius 2 is 1.00 bits per heavy atom. The molecule has 0 bridgehead atoms. The monoisotopic (exact) mass is 488 g/mol. The van der Waals surface area contributed by atoms with E-state index in [1.807, 2.05) is 103 Å². The van der Waals surface area contributed by atoms with Gasteiger partial charge in [0.05, 0.1) is 11.6 Å². The maximum atomic E-state index is 9.02. The van der Waals surface area contributed by atoms with E-state index in [4.69, 9.17) is 20.2 Å². The number of rotatable bonds is 4. The molecule has 0 N–H and O–H groups in total. The molecule has 0 radical (unpaired) electrons. The second-order valence-corrected chi connectivity index (χ2v) is 8.27. The molecule has 5 rings (SSSR count). The minimum absolute atomic E-state index is 0.612. The molecule has 5 heteroatoms. The molecule has 0 aliphatic heterocycles. The number of benzene rings is 4. The molecular formula is C28H17BrN4. The fraction of sp³-hybridized carbons (Fsp3) is 0. The van der Waals surface area contributed by atoms with Crippen LogP contribution in [-0.4, -0.2) is 15.0 Å². The Bertz CT molecular complexity index is 1460. The van der Waals surface area contributed by atoms with Crippen LogP contribution in [0, 0.1) is 11.3 Å². The lowest BCUT2D eigenvalue weighted by atomic mass is 10.0. The van der Waals surface area contributed by atoms with Gasteiger partial charge >= 0.3 is 0 Å². The van der Waals surface area contributed by atoms with E-state index in [-0.39, 0.29) is 0 Å². The van der Waals surface area contributed by atoms with Gasteiger partial charge in [-0.2, -0.15) is 5.26 Å². The third-order valence-electron chi connectivity index (χ3n) is 5.27. The molecule has 1 aromatic heterocycles. The first-order chi connectivity index (χ1) is 16.2. The molecule has 0 unspecified atom stereocenters. The Balaban J connectivity index is 1.59. The van der Waals surface area contributed by atoms with E-state index < -0.39 is 0 Å². The summed E-state index contributed by atoms with van der Waals surface area (Å²) in [7, 11) is 0. The molecule has 0 amide bonds. The average Bonchev–Trinajstić information content (AvgIpc) is 2.89. The third kappa shape index (κ3) is 4.43. The maximum Gasteiger partial charge on any atom is 0.165 e. The highest BCUT2D eigenvalue weighted by atomic mass is 79.9. The first-order valence-corrected chi connectivity index (χ1v) is 11.2. The smallest absolute Gasteiger partial charge is 0.165 e. The molecular weight excluding hydrogens is 472 g/mol. The van der Waals surface area contributed by atoms with Crippen molar-refractivity contribution in [2.75, 3.05) is 0 Å². The minimum Gasteiger partial charge on any atom is -0.208 e. The van der Waals surface area contributed by atoms with Gasteiger partial charge in [-0.15, -0.1) is 0 Å². The van der Waals surface area contributed by atoms with Gasteiger partial charge in [-0.3, -0.25) is 0 Å². The molecule has 0 spiro atoms. The van der Waals surface area contributed by atoms with E-state index in [0.29, 0.717) is 23.0 Å². The number of halogens is 1. The zero-order chi connectivity index (χ0) is 22.6. The van der Waals surface area contributed by atoms with Crippen molar-refractivity contribution < 1.29 is 0 Å². The van der Waals surface area contributed by atoms with Gasteiger partial charge in [0.25, 0.3) is 0 Å². The van der Waals surface area contributed by atoms with Crippen molar-refractivity contribution in [1.82, 2.24) is 15.0 Å². The van der Waals surface area contributed by atoms with Gasteiger partial charge in [-0.25, -0.2) is 15.0 Å². The van der Waals surface area contributed by atoms with Gasteiger partial charge in [-0.1, -0.05) is 101 Å². The Morgan fingerprint density at radius 1 is 0.515 bits per heavy atom. The fourth-order valence-electron chi connectivity index (χ4n) is 3.53. The molecule has 4 aromatic carbocycles. The van der Waals surface area contributed by atoms with Gasteiger partial charge in [0.2, 0.25) is 0 Å². The van der Waals surface area contributed by atoms with E-state index in [1.165, 1.54) is 0 Å². The molecule has 1 heterocycles. The molecule has 0 fully saturated rings. The predicted molar refractivity (Wildman–Crippen MR) is 134 cm³/mol. The SMILES string of the molecule is N#Cc1ccc(-c2ccc(-c3nc(-c4ccccc4)nc(-c4ccccc4Br)n3)cc2)cc1. The summed E-state index contributed by atoms with van der Waals surface area (Å²) in [4.78, 5) is 14.3. The number of hydrogen-bond donors (Lipinski definition) is 0. The molecule has 0 aliphatic carbocycles. The van der Waals surface area contributed by atoms with Crippen molar-refractivity contribution >= 4 is 15.9 Å². The largest absolute Gasteiger partial charge is 0.208 e. The zero-order valence-corrected chi connectivity index (χ0v) is 19.1. The molecule has 0 aliphatic rings. The second kappa shape index (κ2) is 9.15. The molecule has 156 valence electrons. The van der Waals surface area contributed by atoms with E-state index >= 15 is 0 Å². The van der Waals surface area contributed by atoms with Crippen LogP contribution in [0.3, 0.4) is 0 Å². The Morgan fingerprint density at radius 3 is 1.61 bits per heavy atom. The summed E-state index contributed by atoms with van der Waals surface area (Å²) in [5.74, 6) is 1.85. The highest BCUT2D eigenvalue weighted by Gasteiger charge is 2.14. The highest BCUT2D eigenvalue weighted by Crippen LogP contribution is 2.30. The third-order valence-corrected chi connectivity index (χ3v) is 5.96. The summed E-state index contributed by atoms with van der Waals surface area (Å²) < 4.78 is 0.928. The van der Waals surface area contributed by atoms with Gasteiger partial charge in [0.15, 0.2) is 17.5 Å². The number of hydrogen-bond acceptors (Lipinski definition) is 4. The summed E-state index contributed by atoms with van der Waals surface area (Å²) in [5.41, 5.74) is 5.51.